The molecular weight excluding hydrogens is 407 g/mol. The van der Waals surface area contributed by atoms with Crippen LogP contribution in [0.2, 0.25) is 0 Å². The molecule has 0 spiro atoms. The fraction of sp³-hybridized carbons (Fsp3) is 0.318. The number of rotatable bonds is 5. The van der Waals surface area contributed by atoms with Crippen LogP contribution in [0, 0.1) is 26.6 Å². The number of anilines is 1. The normalized spacial score (nSPS) is 15.5. The number of sulfonamides is 1. The van der Waals surface area contributed by atoms with Crippen LogP contribution < -0.4 is 5.32 Å². The first kappa shape index (κ1) is 22.1. The van der Waals surface area contributed by atoms with Crippen LogP contribution in [0.15, 0.2) is 41.3 Å². The Morgan fingerprint density at radius 2 is 1.73 bits per heavy atom. The number of morpholine rings is 1. The number of nitrogens with zero attached hydrogens (tertiary/aromatic N) is 1. The van der Waals surface area contributed by atoms with E-state index in [1.807, 2.05) is 26.8 Å². The molecule has 6 nitrogen and oxygen atoms in total. The zero-order chi connectivity index (χ0) is 21.9. The SMILES string of the molecule is Cc1cc(C)c(/C=C/C(=O)Nc2ccc(F)c(S(=O)(=O)N3CCOCC3)c2)cc1C. The Morgan fingerprint density at radius 3 is 2.43 bits per heavy atom. The number of carbonyl (C=O) groups is 1. The predicted molar refractivity (Wildman–Crippen MR) is 114 cm³/mol. The van der Waals surface area contributed by atoms with Gasteiger partial charge in [0.25, 0.3) is 0 Å². The van der Waals surface area contributed by atoms with Crippen molar-refractivity contribution in [2.75, 3.05) is 31.6 Å². The van der Waals surface area contributed by atoms with E-state index in [2.05, 4.69) is 11.4 Å². The van der Waals surface area contributed by atoms with Gasteiger partial charge in [-0.25, -0.2) is 12.8 Å². The molecule has 0 atom stereocenters. The molecule has 2 aromatic rings. The van der Waals surface area contributed by atoms with Crippen molar-refractivity contribution in [2.24, 2.45) is 0 Å². The third-order valence-electron chi connectivity index (χ3n) is 5.08. The number of carbonyl (C=O) groups excluding carboxylic acids is 1. The summed E-state index contributed by atoms with van der Waals surface area (Å²) in [5, 5.41) is 2.60. The monoisotopic (exact) mass is 432 g/mol. The molecule has 0 bridgehead atoms. The number of halogens is 1. The average molecular weight is 433 g/mol. The summed E-state index contributed by atoms with van der Waals surface area (Å²) in [6.45, 7) is 6.85. The van der Waals surface area contributed by atoms with Gasteiger partial charge in [0, 0.05) is 24.9 Å². The molecule has 1 saturated heterocycles. The van der Waals surface area contributed by atoms with Crippen molar-refractivity contribution >= 4 is 27.7 Å². The smallest absolute Gasteiger partial charge is 0.248 e. The Hall–Kier alpha value is -2.55. The first-order chi connectivity index (χ1) is 14.2. The third kappa shape index (κ3) is 4.95. The maximum atomic E-state index is 14.3. The molecule has 8 heteroatoms. The summed E-state index contributed by atoms with van der Waals surface area (Å²) < 4.78 is 46.1. The summed E-state index contributed by atoms with van der Waals surface area (Å²) in [6.07, 6.45) is 3.07. The number of benzene rings is 2. The molecule has 0 aliphatic carbocycles. The Balaban J connectivity index is 1.78. The highest BCUT2D eigenvalue weighted by Crippen LogP contribution is 2.24. The van der Waals surface area contributed by atoms with Crippen LogP contribution >= 0.6 is 0 Å². The molecule has 30 heavy (non-hydrogen) atoms. The average Bonchev–Trinajstić information content (AvgIpc) is 2.71. The summed E-state index contributed by atoms with van der Waals surface area (Å²) in [5.74, 6) is -1.30. The van der Waals surface area contributed by atoms with Gasteiger partial charge < -0.3 is 10.1 Å². The van der Waals surface area contributed by atoms with E-state index in [9.17, 15) is 17.6 Å². The van der Waals surface area contributed by atoms with Crippen molar-refractivity contribution < 1.29 is 22.3 Å². The second kappa shape index (κ2) is 9.07. The fourth-order valence-electron chi connectivity index (χ4n) is 3.22. The van der Waals surface area contributed by atoms with Crippen LogP contribution in [-0.2, 0) is 19.6 Å². The van der Waals surface area contributed by atoms with Crippen molar-refractivity contribution in [3.63, 3.8) is 0 Å². The highest BCUT2D eigenvalue weighted by atomic mass is 32.2. The number of aryl methyl sites for hydroxylation is 3. The molecule has 3 rings (SSSR count). The molecule has 1 heterocycles. The molecule has 2 aromatic carbocycles. The van der Waals surface area contributed by atoms with Gasteiger partial charge in [0.05, 0.1) is 13.2 Å². The maximum Gasteiger partial charge on any atom is 0.248 e. The number of hydrogen-bond donors (Lipinski definition) is 1. The van der Waals surface area contributed by atoms with Crippen molar-refractivity contribution in [1.82, 2.24) is 4.31 Å². The largest absolute Gasteiger partial charge is 0.379 e. The Kier molecular flexibility index (Phi) is 6.70. The van der Waals surface area contributed by atoms with Gasteiger partial charge in [-0.3, -0.25) is 4.79 Å². The van der Waals surface area contributed by atoms with Crippen LogP contribution in [0.5, 0.6) is 0 Å². The van der Waals surface area contributed by atoms with E-state index in [0.717, 1.165) is 28.8 Å². The molecule has 0 radical (unpaired) electrons. The van der Waals surface area contributed by atoms with Crippen molar-refractivity contribution in [3.05, 3.63) is 64.5 Å². The minimum atomic E-state index is -4.01. The predicted octanol–water partition coefficient (Wildman–Crippen LogP) is 3.42. The molecule has 1 aliphatic heterocycles. The highest BCUT2D eigenvalue weighted by molar-refractivity contribution is 7.89. The lowest BCUT2D eigenvalue weighted by atomic mass is 10.0. The maximum absolute atomic E-state index is 14.3. The standard InChI is InChI=1S/C22H25FN2O4S/c1-15-12-17(3)18(13-16(15)2)4-7-22(26)24-19-5-6-20(23)21(14-19)30(27,28)25-8-10-29-11-9-25/h4-7,12-14H,8-11H2,1-3H3,(H,24,26)/b7-4+. The fourth-order valence-corrected chi connectivity index (χ4v) is 4.71. The summed E-state index contributed by atoms with van der Waals surface area (Å²) in [6, 6.07) is 7.57. The van der Waals surface area contributed by atoms with E-state index in [1.165, 1.54) is 22.0 Å². The number of amides is 1. The Morgan fingerprint density at radius 1 is 1.07 bits per heavy atom. The van der Waals surface area contributed by atoms with Gasteiger partial charge in [-0.1, -0.05) is 12.1 Å². The Bertz CT molecular complexity index is 1090. The molecule has 1 N–H and O–H groups in total. The number of ether oxygens (including phenoxy) is 1. The molecule has 0 unspecified atom stereocenters. The number of nitrogens with one attached hydrogen (secondary N) is 1. The second-order valence-electron chi connectivity index (χ2n) is 7.28. The second-order valence-corrected chi connectivity index (χ2v) is 9.18. The van der Waals surface area contributed by atoms with Gasteiger partial charge in [0.15, 0.2) is 0 Å². The molecule has 1 fully saturated rings. The van der Waals surface area contributed by atoms with E-state index >= 15 is 0 Å². The van der Waals surface area contributed by atoms with Crippen molar-refractivity contribution in [2.45, 2.75) is 25.7 Å². The Labute approximate surface area is 176 Å². The molecule has 0 saturated carbocycles. The number of hydrogen-bond acceptors (Lipinski definition) is 4. The minimum absolute atomic E-state index is 0.163. The van der Waals surface area contributed by atoms with Gasteiger partial charge in [-0.05, 0) is 67.3 Å². The molecule has 1 amide bonds. The van der Waals surface area contributed by atoms with Crippen molar-refractivity contribution in [3.8, 4) is 0 Å². The van der Waals surface area contributed by atoms with E-state index in [-0.39, 0.29) is 32.0 Å². The molecular formula is C22H25FN2O4S. The quantitative estimate of drug-likeness (QED) is 0.735. The van der Waals surface area contributed by atoms with E-state index in [1.54, 1.807) is 6.08 Å². The van der Waals surface area contributed by atoms with E-state index in [4.69, 9.17) is 4.74 Å². The first-order valence-electron chi connectivity index (χ1n) is 9.63. The van der Waals surface area contributed by atoms with Crippen LogP contribution in [-0.4, -0.2) is 44.9 Å². The topological polar surface area (TPSA) is 75.7 Å². The van der Waals surface area contributed by atoms with Crippen LogP contribution in [0.1, 0.15) is 22.3 Å². The summed E-state index contributed by atoms with van der Waals surface area (Å²) in [5.41, 5.74) is 4.46. The summed E-state index contributed by atoms with van der Waals surface area (Å²) >= 11 is 0. The van der Waals surface area contributed by atoms with Crippen LogP contribution in [0.4, 0.5) is 10.1 Å². The van der Waals surface area contributed by atoms with Gasteiger partial charge in [0.2, 0.25) is 15.9 Å². The van der Waals surface area contributed by atoms with Gasteiger partial charge in [-0.15, -0.1) is 0 Å². The van der Waals surface area contributed by atoms with E-state index in [0.29, 0.717) is 0 Å². The van der Waals surface area contributed by atoms with Crippen molar-refractivity contribution in [1.29, 1.82) is 0 Å². The summed E-state index contributed by atoms with van der Waals surface area (Å²) in [7, 11) is -4.01. The van der Waals surface area contributed by atoms with Crippen LogP contribution in [0.3, 0.4) is 0 Å². The summed E-state index contributed by atoms with van der Waals surface area (Å²) in [4.78, 5) is 11.9. The first-order valence-corrected chi connectivity index (χ1v) is 11.1. The third-order valence-corrected chi connectivity index (χ3v) is 7.00. The zero-order valence-electron chi connectivity index (χ0n) is 17.2. The molecule has 160 valence electrons. The van der Waals surface area contributed by atoms with Gasteiger partial charge >= 0.3 is 0 Å². The van der Waals surface area contributed by atoms with E-state index < -0.39 is 26.6 Å². The molecule has 0 aromatic heterocycles. The van der Waals surface area contributed by atoms with Crippen LogP contribution in [0.25, 0.3) is 6.08 Å². The van der Waals surface area contributed by atoms with Gasteiger partial charge in [-0.2, -0.15) is 4.31 Å². The highest BCUT2D eigenvalue weighted by Gasteiger charge is 2.29. The van der Waals surface area contributed by atoms with Gasteiger partial charge in [0.1, 0.15) is 10.7 Å². The lowest BCUT2D eigenvalue weighted by molar-refractivity contribution is -0.111. The molecule has 1 aliphatic rings. The zero-order valence-corrected chi connectivity index (χ0v) is 18.1. The minimum Gasteiger partial charge on any atom is -0.379 e. The lowest BCUT2D eigenvalue weighted by Gasteiger charge is -2.26. The lowest BCUT2D eigenvalue weighted by Crippen LogP contribution is -2.40.